The number of rotatable bonds is 3. The molecule has 0 aromatic carbocycles. The Labute approximate surface area is 69.9 Å². The summed E-state index contributed by atoms with van der Waals surface area (Å²) in [6, 6.07) is 0. The lowest BCUT2D eigenvalue weighted by atomic mass is 9.99. The average molecular weight is 173 g/mol. The van der Waals surface area contributed by atoms with Crippen molar-refractivity contribution in [2.24, 2.45) is 11.3 Å². The van der Waals surface area contributed by atoms with E-state index in [1.165, 1.54) is 0 Å². The third-order valence-corrected chi connectivity index (χ3v) is 2.91. The summed E-state index contributed by atoms with van der Waals surface area (Å²) < 4.78 is 0. The fourth-order valence-electron chi connectivity index (χ4n) is 1.40. The van der Waals surface area contributed by atoms with Crippen LogP contribution < -0.4 is 0 Å². The van der Waals surface area contributed by atoms with E-state index in [-0.39, 0.29) is 11.7 Å². The molecule has 0 aromatic rings. The summed E-state index contributed by atoms with van der Waals surface area (Å²) in [5.41, 5.74) is -0.720. The van der Waals surface area contributed by atoms with E-state index in [1.54, 1.807) is 0 Å². The molecule has 2 fully saturated rings. The Kier molecular flexibility index (Phi) is 1.37. The van der Waals surface area contributed by atoms with Crippen LogP contribution in [0, 0.1) is 11.3 Å². The lowest BCUT2D eigenvalue weighted by Crippen LogP contribution is -2.23. The van der Waals surface area contributed by atoms with Crippen LogP contribution in [-0.4, -0.2) is 11.0 Å². The van der Waals surface area contributed by atoms with Crippen LogP contribution in [0.3, 0.4) is 0 Å². The molecule has 2 nitrogen and oxygen atoms in total. The van der Waals surface area contributed by atoms with Crippen LogP contribution in [0.15, 0.2) is 0 Å². The summed E-state index contributed by atoms with van der Waals surface area (Å²) in [6.45, 7) is 0. The van der Waals surface area contributed by atoms with Crippen LogP contribution in [0.25, 0.3) is 0 Å². The SMILES string of the molecule is O=C(Cl)C1(C(=O)C2CC2)CC1. The highest BCUT2D eigenvalue weighted by Gasteiger charge is 2.58. The minimum Gasteiger partial charge on any atom is -0.298 e. The fourth-order valence-corrected chi connectivity index (χ4v) is 1.68. The zero-order chi connectivity index (χ0) is 8.06. The van der Waals surface area contributed by atoms with Crippen molar-refractivity contribution in [3.8, 4) is 0 Å². The molecule has 2 aliphatic rings. The second kappa shape index (κ2) is 2.07. The molecule has 2 saturated carbocycles. The van der Waals surface area contributed by atoms with Crippen LogP contribution >= 0.6 is 11.6 Å². The highest BCUT2D eigenvalue weighted by molar-refractivity contribution is 6.67. The van der Waals surface area contributed by atoms with E-state index in [1.807, 2.05) is 0 Å². The van der Waals surface area contributed by atoms with Crippen LogP contribution in [0.2, 0.25) is 0 Å². The van der Waals surface area contributed by atoms with E-state index >= 15 is 0 Å². The minimum atomic E-state index is -0.720. The first-order valence-corrected chi connectivity index (χ1v) is 4.29. The fraction of sp³-hybridized carbons (Fsp3) is 0.750. The standard InChI is InChI=1S/C8H9ClO2/c9-7(11)8(3-4-8)6(10)5-1-2-5/h5H,1-4H2. The van der Waals surface area contributed by atoms with Gasteiger partial charge in [0.05, 0.1) is 0 Å². The number of hydrogen-bond donors (Lipinski definition) is 0. The summed E-state index contributed by atoms with van der Waals surface area (Å²) in [4.78, 5) is 22.3. The van der Waals surface area contributed by atoms with E-state index < -0.39 is 10.7 Å². The van der Waals surface area contributed by atoms with Crippen LogP contribution in [0.5, 0.6) is 0 Å². The molecule has 3 heteroatoms. The van der Waals surface area contributed by atoms with E-state index in [4.69, 9.17) is 11.6 Å². The molecule has 0 aromatic heterocycles. The van der Waals surface area contributed by atoms with Crippen LogP contribution in [0.1, 0.15) is 25.7 Å². The van der Waals surface area contributed by atoms with Crippen molar-refractivity contribution in [1.29, 1.82) is 0 Å². The Bertz CT molecular complexity index is 226. The van der Waals surface area contributed by atoms with Gasteiger partial charge in [-0.2, -0.15) is 0 Å². The van der Waals surface area contributed by atoms with Crippen molar-refractivity contribution in [3.05, 3.63) is 0 Å². The Morgan fingerprint density at radius 2 is 1.82 bits per heavy atom. The van der Waals surface area contributed by atoms with Crippen molar-refractivity contribution in [3.63, 3.8) is 0 Å². The molecule has 0 unspecified atom stereocenters. The summed E-state index contributed by atoms with van der Waals surface area (Å²) in [5.74, 6) is 0.276. The molecule has 60 valence electrons. The average Bonchev–Trinajstić information content (AvgIpc) is 2.84. The molecule has 0 saturated heterocycles. The molecule has 0 amide bonds. The van der Waals surface area contributed by atoms with Gasteiger partial charge in [0.15, 0.2) is 5.78 Å². The highest BCUT2D eigenvalue weighted by atomic mass is 35.5. The lowest BCUT2D eigenvalue weighted by molar-refractivity contribution is -0.131. The molecular formula is C8H9ClO2. The predicted octanol–water partition coefficient (Wildman–Crippen LogP) is 1.51. The molecule has 2 aliphatic carbocycles. The zero-order valence-electron chi connectivity index (χ0n) is 6.10. The molecule has 0 bridgehead atoms. The van der Waals surface area contributed by atoms with Gasteiger partial charge in [-0.15, -0.1) is 0 Å². The molecule has 0 N–H and O–H groups in total. The van der Waals surface area contributed by atoms with Crippen molar-refractivity contribution < 1.29 is 9.59 Å². The van der Waals surface area contributed by atoms with Crippen molar-refractivity contribution >= 4 is 22.6 Å². The number of halogens is 1. The molecule has 0 heterocycles. The zero-order valence-corrected chi connectivity index (χ0v) is 6.86. The molecule has 0 atom stereocenters. The number of hydrogen-bond acceptors (Lipinski definition) is 2. The van der Waals surface area contributed by atoms with Gasteiger partial charge in [-0.3, -0.25) is 9.59 Å². The quantitative estimate of drug-likeness (QED) is 0.478. The van der Waals surface area contributed by atoms with Gasteiger partial charge in [0.25, 0.3) is 0 Å². The largest absolute Gasteiger partial charge is 0.298 e. The number of Topliss-reactive ketones (excluding diaryl/α,β-unsaturated/α-hetero) is 1. The third-order valence-electron chi connectivity index (χ3n) is 2.55. The normalized spacial score (nSPS) is 26.3. The molecular weight excluding hydrogens is 164 g/mol. The van der Waals surface area contributed by atoms with E-state index in [2.05, 4.69) is 0 Å². The molecule has 0 aliphatic heterocycles. The van der Waals surface area contributed by atoms with Gasteiger partial charge in [0.1, 0.15) is 5.41 Å². The van der Waals surface area contributed by atoms with Gasteiger partial charge in [-0.25, -0.2) is 0 Å². The van der Waals surface area contributed by atoms with Crippen molar-refractivity contribution in [2.45, 2.75) is 25.7 Å². The Balaban J connectivity index is 2.13. The maximum atomic E-state index is 11.4. The second-order valence-electron chi connectivity index (χ2n) is 3.49. The predicted molar refractivity (Wildman–Crippen MR) is 40.3 cm³/mol. The van der Waals surface area contributed by atoms with E-state index in [9.17, 15) is 9.59 Å². The molecule has 11 heavy (non-hydrogen) atoms. The van der Waals surface area contributed by atoms with E-state index in [0.29, 0.717) is 12.8 Å². The van der Waals surface area contributed by atoms with Gasteiger partial charge in [-0.1, -0.05) is 0 Å². The number of carbonyl (C=O) groups is 2. The molecule has 0 radical (unpaired) electrons. The van der Waals surface area contributed by atoms with Crippen LogP contribution in [0.4, 0.5) is 0 Å². The summed E-state index contributed by atoms with van der Waals surface area (Å²) >= 11 is 5.34. The van der Waals surface area contributed by atoms with Gasteiger partial charge in [-0.05, 0) is 37.3 Å². The monoisotopic (exact) mass is 172 g/mol. The first-order valence-electron chi connectivity index (χ1n) is 3.91. The van der Waals surface area contributed by atoms with Gasteiger partial charge < -0.3 is 0 Å². The molecule has 0 spiro atoms. The Morgan fingerprint density at radius 3 is 2.09 bits per heavy atom. The smallest absolute Gasteiger partial charge is 0.235 e. The van der Waals surface area contributed by atoms with Gasteiger partial charge in [0.2, 0.25) is 5.24 Å². The first kappa shape index (κ1) is 7.29. The first-order chi connectivity index (χ1) is 5.17. The van der Waals surface area contributed by atoms with Gasteiger partial charge >= 0.3 is 0 Å². The van der Waals surface area contributed by atoms with E-state index in [0.717, 1.165) is 12.8 Å². The summed E-state index contributed by atoms with van der Waals surface area (Å²) in [6.07, 6.45) is 3.30. The number of ketones is 1. The Morgan fingerprint density at radius 1 is 1.27 bits per heavy atom. The highest BCUT2D eigenvalue weighted by Crippen LogP contribution is 2.53. The second-order valence-corrected chi connectivity index (χ2v) is 3.84. The summed E-state index contributed by atoms with van der Waals surface area (Å²) in [5, 5.41) is -0.436. The lowest BCUT2D eigenvalue weighted by Gasteiger charge is -2.05. The van der Waals surface area contributed by atoms with Gasteiger partial charge in [0, 0.05) is 5.92 Å². The summed E-state index contributed by atoms with van der Waals surface area (Å²) in [7, 11) is 0. The third kappa shape index (κ3) is 1.00. The maximum absolute atomic E-state index is 11.4. The van der Waals surface area contributed by atoms with Crippen molar-refractivity contribution in [1.82, 2.24) is 0 Å². The minimum absolute atomic E-state index is 0.109. The maximum Gasteiger partial charge on any atom is 0.235 e. The van der Waals surface area contributed by atoms with Crippen LogP contribution in [-0.2, 0) is 9.59 Å². The van der Waals surface area contributed by atoms with Crippen molar-refractivity contribution in [2.75, 3.05) is 0 Å². The number of carbonyl (C=O) groups excluding carboxylic acids is 2. The molecule has 2 rings (SSSR count). The topological polar surface area (TPSA) is 34.1 Å². The Hall–Kier alpha value is -0.370.